The molecule has 0 aliphatic rings. The highest BCUT2D eigenvalue weighted by atomic mass is 35.5. The zero-order valence-corrected chi connectivity index (χ0v) is 20.5. The second kappa shape index (κ2) is 13.2. The van der Waals surface area contributed by atoms with Crippen LogP contribution in [0, 0.1) is 0 Å². The van der Waals surface area contributed by atoms with Crippen molar-refractivity contribution in [3.05, 3.63) is 54.9 Å². The van der Waals surface area contributed by atoms with Gasteiger partial charge in [0.2, 0.25) is 0 Å². The standard InChI is InChI=1S/C21H21Cl5N2O3/c1-2-3-4-5-10-30-14-8-6-13(7-9-14)11-27-28-15(29)12-31-21-19(25)17(23)16(22)18(24)20(21)26/h6-9,11H,2-5,10,12H2,1H3,(H,28,29). The normalized spacial score (nSPS) is 11.0. The number of halogens is 5. The van der Waals surface area contributed by atoms with Gasteiger partial charge in [-0.25, -0.2) is 5.43 Å². The Kier molecular flexibility index (Phi) is 11.1. The van der Waals surface area contributed by atoms with Crippen molar-refractivity contribution in [1.82, 2.24) is 5.43 Å². The van der Waals surface area contributed by atoms with Gasteiger partial charge in [0.1, 0.15) is 15.8 Å². The summed E-state index contributed by atoms with van der Waals surface area (Å²) in [5.41, 5.74) is 3.14. The monoisotopic (exact) mass is 524 g/mol. The quantitative estimate of drug-likeness (QED) is 0.109. The molecular formula is C21H21Cl5N2O3. The Balaban J connectivity index is 1.81. The van der Waals surface area contributed by atoms with E-state index in [1.54, 1.807) is 0 Å². The first kappa shape index (κ1) is 25.9. The molecule has 0 heterocycles. The van der Waals surface area contributed by atoms with E-state index in [4.69, 9.17) is 67.5 Å². The van der Waals surface area contributed by atoms with Crippen molar-refractivity contribution in [1.29, 1.82) is 0 Å². The van der Waals surface area contributed by atoms with E-state index in [1.807, 2.05) is 24.3 Å². The van der Waals surface area contributed by atoms with Crippen LogP contribution < -0.4 is 14.9 Å². The molecule has 0 fully saturated rings. The van der Waals surface area contributed by atoms with E-state index in [0.717, 1.165) is 17.7 Å². The van der Waals surface area contributed by atoms with Gasteiger partial charge < -0.3 is 9.47 Å². The van der Waals surface area contributed by atoms with Crippen LogP contribution in [0.1, 0.15) is 38.2 Å². The Morgan fingerprint density at radius 3 is 2.13 bits per heavy atom. The summed E-state index contributed by atoms with van der Waals surface area (Å²) in [6, 6.07) is 7.38. The predicted molar refractivity (Wildman–Crippen MR) is 129 cm³/mol. The topological polar surface area (TPSA) is 59.9 Å². The van der Waals surface area contributed by atoms with Crippen LogP contribution >= 0.6 is 58.0 Å². The molecule has 10 heteroatoms. The van der Waals surface area contributed by atoms with Crippen LogP contribution in [-0.4, -0.2) is 25.3 Å². The first-order valence-electron chi connectivity index (χ1n) is 9.54. The number of hydrogen-bond acceptors (Lipinski definition) is 4. The van der Waals surface area contributed by atoms with Crippen LogP contribution in [0.2, 0.25) is 25.1 Å². The lowest BCUT2D eigenvalue weighted by atomic mass is 10.2. The zero-order chi connectivity index (χ0) is 22.8. The van der Waals surface area contributed by atoms with Gasteiger partial charge in [-0.1, -0.05) is 84.2 Å². The molecule has 0 saturated carbocycles. The van der Waals surface area contributed by atoms with Crippen molar-refractivity contribution < 1.29 is 14.3 Å². The molecule has 0 aliphatic heterocycles. The van der Waals surface area contributed by atoms with Gasteiger partial charge in [0, 0.05) is 0 Å². The number of benzene rings is 2. The molecule has 0 atom stereocenters. The highest BCUT2D eigenvalue weighted by Crippen LogP contribution is 2.48. The summed E-state index contributed by atoms with van der Waals surface area (Å²) in [5, 5.41) is 3.79. The maximum atomic E-state index is 12.0. The van der Waals surface area contributed by atoms with Crippen molar-refractivity contribution in [3.63, 3.8) is 0 Å². The van der Waals surface area contributed by atoms with Gasteiger partial charge in [-0.2, -0.15) is 5.10 Å². The Morgan fingerprint density at radius 2 is 1.52 bits per heavy atom. The van der Waals surface area contributed by atoms with Gasteiger partial charge in [0.15, 0.2) is 12.4 Å². The van der Waals surface area contributed by atoms with E-state index in [9.17, 15) is 4.79 Å². The van der Waals surface area contributed by atoms with Crippen LogP contribution in [-0.2, 0) is 4.79 Å². The first-order valence-corrected chi connectivity index (χ1v) is 11.4. The van der Waals surface area contributed by atoms with Crippen LogP contribution in [0.15, 0.2) is 29.4 Å². The molecule has 0 unspecified atom stereocenters. The molecule has 5 nitrogen and oxygen atoms in total. The van der Waals surface area contributed by atoms with Gasteiger partial charge >= 0.3 is 0 Å². The molecule has 2 aromatic carbocycles. The number of ether oxygens (including phenoxy) is 2. The van der Waals surface area contributed by atoms with Crippen LogP contribution in [0.25, 0.3) is 0 Å². The van der Waals surface area contributed by atoms with Crippen molar-refractivity contribution in [2.45, 2.75) is 32.6 Å². The molecule has 1 N–H and O–H groups in total. The predicted octanol–water partition coefficient (Wildman–Crippen LogP) is 7.44. The second-order valence-corrected chi connectivity index (χ2v) is 8.35. The highest BCUT2D eigenvalue weighted by molar-refractivity contribution is 6.55. The molecule has 0 saturated heterocycles. The molecule has 0 spiro atoms. The van der Waals surface area contributed by atoms with E-state index in [1.165, 1.54) is 25.5 Å². The second-order valence-electron chi connectivity index (χ2n) is 6.46. The van der Waals surface area contributed by atoms with E-state index < -0.39 is 12.5 Å². The smallest absolute Gasteiger partial charge is 0.277 e. The Bertz CT molecular complexity index is 891. The minimum Gasteiger partial charge on any atom is -0.494 e. The Morgan fingerprint density at radius 1 is 0.903 bits per heavy atom. The minimum absolute atomic E-state index is 0.00708. The van der Waals surface area contributed by atoms with E-state index in [0.29, 0.717) is 6.61 Å². The van der Waals surface area contributed by atoms with Crippen molar-refractivity contribution in [2.24, 2.45) is 5.10 Å². The fourth-order valence-electron chi connectivity index (χ4n) is 2.43. The third-order valence-corrected chi connectivity index (χ3v) is 6.31. The number of nitrogens with zero attached hydrogens (tertiary/aromatic N) is 1. The van der Waals surface area contributed by atoms with E-state index in [-0.39, 0.29) is 30.9 Å². The summed E-state index contributed by atoms with van der Waals surface area (Å²) in [6.07, 6.45) is 6.12. The van der Waals surface area contributed by atoms with Crippen LogP contribution in [0.5, 0.6) is 11.5 Å². The molecule has 0 aromatic heterocycles. The molecule has 0 bridgehead atoms. The van der Waals surface area contributed by atoms with Gasteiger partial charge in [-0.3, -0.25) is 4.79 Å². The Hall–Kier alpha value is -1.37. The van der Waals surface area contributed by atoms with Crippen molar-refractivity contribution >= 4 is 70.1 Å². The fraction of sp³-hybridized carbons (Fsp3) is 0.333. The molecule has 0 aliphatic carbocycles. The summed E-state index contributed by atoms with van der Waals surface area (Å²) in [4.78, 5) is 12.0. The summed E-state index contributed by atoms with van der Waals surface area (Å²) in [5.74, 6) is 0.227. The molecule has 0 radical (unpaired) electrons. The molecule has 2 rings (SSSR count). The first-order chi connectivity index (χ1) is 14.8. The number of amides is 1. The van der Waals surface area contributed by atoms with Crippen LogP contribution in [0.3, 0.4) is 0 Å². The number of nitrogens with one attached hydrogen (secondary N) is 1. The minimum atomic E-state index is -0.530. The fourth-order valence-corrected chi connectivity index (χ4v) is 3.66. The molecular weight excluding hydrogens is 506 g/mol. The average Bonchev–Trinajstić information content (AvgIpc) is 2.77. The summed E-state index contributed by atoms with van der Waals surface area (Å²) < 4.78 is 11.0. The van der Waals surface area contributed by atoms with Crippen LogP contribution in [0.4, 0.5) is 0 Å². The number of hydrazone groups is 1. The van der Waals surface area contributed by atoms with Crippen molar-refractivity contribution in [3.8, 4) is 11.5 Å². The third-order valence-electron chi connectivity index (χ3n) is 4.07. The lowest BCUT2D eigenvalue weighted by Crippen LogP contribution is -2.24. The maximum Gasteiger partial charge on any atom is 0.277 e. The summed E-state index contributed by atoms with van der Waals surface area (Å²) in [6.45, 7) is 2.46. The number of rotatable bonds is 11. The number of hydrogen-bond donors (Lipinski definition) is 1. The van der Waals surface area contributed by atoms with E-state index in [2.05, 4.69) is 17.5 Å². The summed E-state index contributed by atoms with van der Waals surface area (Å²) >= 11 is 29.9. The maximum absolute atomic E-state index is 12.0. The van der Waals surface area contributed by atoms with Gasteiger partial charge in [0.25, 0.3) is 5.91 Å². The average molecular weight is 527 g/mol. The number of carbonyl (C=O) groups is 1. The number of carbonyl (C=O) groups excluding carboxylic acids is 1. The van der Waals surface area contributed by atoms with Gasteiger partial charge in [0.05, 0.1) is 27.9 Å². The molecule has 168 valence electrons. The molecule has 2 aromatic rings. The Labute approximate surface area is 206 Å². The highest BCUT2D eigenvalue weighted by Gasteiger charge is 2.21. The zero-order valence-electron chi connectivity index (χ0n) is 16.7. The van der Waals surface area contributed by atoms with Crippen molar-refractivity contribution in [2.75, 3.05) is 13.2 Å². The summed E-state index contributed by atoms with van der Waals surface area (Å²) in [7, 11) is 0. The van der Waals surface area contributed by atoms with E-state index >= 15 is 0 Å². The number of unbranched alkanes of at least 4 members (excludes halogenated alkanes) is 3. The SMILES string of the molecule is CCCCCCOc1ccc(C=NNC(=O)COc2c(Cl)c(Cl)c(Cl)c(Cl)c2Cl)cc1. The molecule has 31 heavy (non-hydrogen) atoms. The largest absolute Gasteiger partial charge is 0.494 e. The third kappa shape index (κ3) is 7.92. The lowest BCUT2D eigenvalue weighted by Gasteiger charge is -2.13. The molecule has 1 amide bonds. The lowest BCUT2D eigenvalue weighted by molar-refractivity contribution is -0.123. The van der Waals surface area contributed by atoms with Gasteiger partial charge in [-0.15, -0.1) is 0 Å². The van der Waals surface area contributed by atoms with Gasteiger partial charge in [-0.05, 0) is 36.2 Å².